The predicted molar refractivity (Wildman–Crippen MR) is 100 cm³/mol. The SMILES string of the molecule is CC(C)(Sc1ccc(C#N)cc1F)C(=O)Nc1nc(C(C)(C)C)cs1. The summed E-state index contributed by atoms with van der Waals surface area (Å²) >= 11 is 2.48. The summed E-state index contributed by atoms with van der Waals surface area (Å²) in [6.07, 6.45) is 0. The third kappa shape index (κ3) is 4.80. The van der Waals surface area contributed by atoms with E-state index in [1.54, 1.807) is 13.8 Å². The Morgan fingerprint density at radius 3 is 2.52 bits per heavy atom. The summed E-state index contributed by atoms with van der Waals surface area (Å²) in [6.45, 7) is 9.62. The van der Waals surface area contributed by atoms with Crippen molar-refractivity contribution in [3.8, 4) is 6.07 Å². The Morgan fingerprint density at radius 2 is 2.00 bits per heavy atom. The second kappa shape index (κ2) is 7.14. The van der Waals surface area contributed by atoms with Crippen molar-refractivity contribution in [1.29, 1.82) is 5.26 Å². The molecule has 0 aliphatic heterocycles. The molecule has 2 rings (SSSR count). The first kappa shape index (κ1) is 19.4. The van der Waals surface area contributed by atoms with Crippen LogP contribution in [0.5, 0.6) is 0 Å². The van der Waals surface area contributed by atoms with Gasteiger partial charge in [0, 0.05) is 15.7 Å². The molecule has 7 heteroatoms. The molecule has 0 atom stereocenters. The molecule has 25 heavy (non-hydrogen) atoms. The number of benzene rings is 1. The molecular formula is C18H20FN3OS2. The van der Waals surface area contributed by atoms with E-state index in [2.05, 4.69) is 31.1 Å². The van der Waals surface area contributed by atoms with Crippen LogP contribution in [0, 0.1) is 17.1 Å². The molecule has 1 aromatic heterocycles. The van der Waals surface area contributed by atoms with Crippen molar-refractivity contribution in [1.82, 2.24) is 4.98 Å². The smallest absolute Gasteiger partial charge is 0.242 e. The van der Waals surface area contributed by atoms with Gasteiger partial charge < -0.3 is 5.32 Å². The summed E-state index contributed by atoms with van der Waals surface area (Å²) in [5, 5.41) is 14.1. The van der Waals surface area contributed by atoms with Crippen molar-refractivity contribution >= 4 is 34.1 Å². The highest BCUT2D eigenvalue weighted by molar-refractivity contribution is 8.01. The summed E-state index contributed by atoms with van der Waals surface area (Å²) in [4.78, 5) is 17.4. The van der Waals surface area contributed by atoms with Gasteiger partial charge in [-0.05, 0) is 32.0 Å². The molecule has 0 saturated heterocycles. The summed E-state index contributed by atoms with van der Waals surface area (Å²) in [7, 11) is 0. The number of thioether (sulfide) groups is 1. The molecule has 132 valence electrons. The fraction of sp³-hybridized carbons (Fsp3) is 0.389. The Morgan fingerprint density at radius 1 is 1.32 bits per heavy atom. The van der Waals surface area contributed by atoms with Crippen LogP contribution in [0.2, 0.25) is 0 Å². The molecular weight excluding hydrogens is 357 g/mol. The number of carbonyl (C=O) groups is 1. The molecule has 4 nitrogen and oxygen atoms in total. The summed E-state index contributed by atoms with van der Waals surface area (Å²) in [6, 6.07) is 6.13. The first-order valence-electron chi connectivity index (χ1n) is 7.69. The van der Waals surface area contributed by atoms with Gasteiger partial charge in [-0.3, -0.25) is 4.79 Å². The summed E-state index contributed by atoms with van der Waals surface area (Å²) in [5.74, 6) is -0.759. The fourth-order valence-electron chi connectivity index (χ4n) is 1.90. The normalized spacial score (nSPS) is 11.9. The number of nitrogens with one attached hydrogen (secondary N) is 1. The monoisotopic (exact) mass is 377 g/mol. The highest BCUT2D eigenvalue weighted by Crippen LogP contribution is 2.36. The quantitative estimate of drug-likeness (QED) is 0.765. The second-order valence-electron chi connectivity index (χ2n) is 7.11. The van der Waals surface area contributed by atoms with E-state index < -0.39 is 10.6 Å². The van der Waals surface area contributed by atoms with E-state index in [0.29, 0.717) is 10.0 Å². The molecule has 0 fully saturated rings. The zero-order chi connectivity index (χ0) is 18.8. The second-order valence-corrected chi connectivity index (χ2v) is 9.63. The summed E-state index contributed by atoms with van der Waals surface area (Å²) in [5.41, 5.74) is 1.08. The Balaban J connectivity index is 2.12. The van der Waals surface area contributed by atoms with Crippen molar-refractivity contribution < 1.29 is 9.18 Å². The van der Waals surface area contributed by atoms with Gasteiger partial charge in [-0.15, -0.1) is 23.1 Å². The lowest BCUT2D eigenvalue weighted by molar-refractivity contribution is -0.117. The number of carbonyl (C=O) groups excluding carboxylic acids is 1. The van der Waals surface area contributed by atoms with Crippen molar-refractivity contribution in [3.05, 3.63) is 40.7 Å². The minimum atomic E-state index is -0.900. The number of rotatable bonds is 4. The number of thiazole rings is 1. The standard InChI is InChI=1S/C18H20FN3OS2/c1-17(2,3)14-10-24-16(21-14)22-15(23)18(4,5)25-13-7-6-11(9-20)8-12(13)19/h6-8,10H,1-5H3,(H,21,22,23). The molecule has 0 spiro atoms. The lowest BCUT2D eigenvalue weighted by Crippen LogP contribution is -2.34. The first-order chi connectivity index (χ1) is 11.5. The minimum absolute atomic E-state index is 0.0879. The van der Waals surface area contributed by atoms with Crippen LogP contribution in [-0.2, 0) is 10.2 Å². The van der Waals surface area contributed by atoms with Crippen molar-refractivity contribution in [2.45, 2.75) is 49.7 Å². The van der Waals surface area contributed by atoms with Crippen molar-refractivity contribution in [2.24, 2.45) is 0 Å². The van der Waals surface area contributed by atoms with Crippen LogP contribution in [0.25, 0.3) is 0 Å². The van der Waals surface area contributed by atoms with Gasteiger partial charge in [0.2, 0.25) is 5.91 Å². The minimum Gasteiger partial charge on any atom is -0.301 e. The average Bonchev–Trinajstić information content (AvgIpc) is 2.97. The average molecular weight is 378 g/mol. The Labute approximate surface area is 155 Å². The van der Waals surface area contributed by atoms with Crippen LogP contribution >= 0.6 is 23.1 Å². The largest absolute Gasteiger partial charge is 0.301 e. The topological polar surface area (TPSA) is 65.8 Å². The maximum Gasteiger partial charge on any atom is 0.242 e. The van der Waals surface area contributed by atoms with E-state index >= 15 is 0 Å². The van der Waals surface area contributed by atoms with Gasteiger partial charge >= 0.3 is 0 Å². The van der Waals surface area contributed by atoms with E-state index in [1.165, 1.54) is 29.5 Å². The number of anilines is 1. The van der Waals surface area contributed by atoms with E-state index in [-0.39, 0.29) is 16.9 Å². The van der Waals surface area contributed by atoms with Crippen LogP contribution in [0.15, 0.2) is 28.5 Å². The third-order valence-electron chi connectivity index (χ3n) is 3.47. The Kier molecular flexibility index (Phi) is 5.55. The molecule has 1 amide bonds. The maximum absolute atomic E-state index is 14.1. The highest BCUT2D eigenvalue weighted by Gasteiger charge is 2.31. The maximum atomic E-state index is 14.1. The zero-order valence-corrected chi connectivity index (χ0v) is 16.4. The summed E-state index contributed by atoms with van der Waals surface area (Å²) < 4.78 is 13.2. The molecule has 0 aliphatic carbocycles. The molecule has 0 radical (unpaired) electrons. The van der Waals surface area contributed by atoms with E-state index in [1.807, 2.05) is 11.4 Å². The van der Waals surface area contributed by atoms with Gasteiger partial charge in [-0.1, -0.05) is 20.8 Å². The van der Waals surface area contributed by atoms with Crippen LogP contribution in [0.1, 0.15) is 45.9 Å². The number of amides is 1. The molecule has 0 unspecified atom stereocenters. The Bertz CT molecular complexity index is 832. The molecule has 2 aromatic rings. The molecule has 1 N–H and O–H groups in total. The van der Waals surface area contributed by atoms with E-state index in [9.17, 15) is 9.18 Å². The number of hydrogen-bond donors (Lipinski definition) is 1. The predicted octanol–water partition coefficient (Wildman–Crippen LogP) is 4.96. The van der Waals surface area contributed by atoms with Crippen LogP contribution in [0.3, 0.4) is 0 Å². The van der Waals surface area contributed by atoms with Gasteiger partial charge in [0.25, 0.3) is 0 Å². The van der Waals surface area contributed by atoms with Gasteiger partial charge in [0.05, 0.1) is 22.1 Å². The van der Waals surface area contributed by atoms with Gasteiger partial charge in [0.15, 0.2) is 5.13 Å². The van der Waals surface area contributed by atoms with Crippen molar-refractivity contribution in [2.75, 3.05) is 5.32 Å². The van der Waals surface area contributed by atoms with Gasteiger partial charge in [-0.2, -0.15) is 5.26 Å². The first-order valence-corrected chi connectivity index (χ1v) is 9.38. The van der Waals surface area contributed by atoms with Gasteiger partial charge in [0.1, 0.15) is 5.82 Å². The van der Waals surface area contributed by atoms with E-state index in [0.717, 1.165) is 17.5 Å². The highest BCUT2D eigenvalue weighted by atomic mass is 32.2. The van der Waals surface area contributed by atoms with E-state index in [4.69, 9.17) is 5.26 Å². The van der Waals surface area contributed by atoms with Crippen LogP contribution < -0.4 is 5.32 Å². The van der Waals surface area contributed by atoms with Crippen LogP contribution in [-0.4, -0.2) is 15.6 Å². The number of halogens is 1. The third-order valence-corrected chi connectivity index (χ3v) is 5.47. The molecule has 1 aromatic carbocycles. The number of nitriles is 1. The fourth-order valence-corrected chi connectivity index (χ4v) is 3.82. The lowest BCUT2D eigenvalue weighted by atomic mass is 9.93. The lowest BCUT2D eigenvalue weighted by Gasteiger charge is -2.22. The van der Waals surface area contributed by atoms with Crippen molar-refractivity contribution in [3.63, 3.8) is 0 Å². The molecule has 0 saturated carbocycles. The number of aromatic nitrogens is 1. The number of hydrogen-bond acceptors (Lipinski definition) is 5. The Hall–Kier alpha value is -1.91. The molecule has 0 aliphatic rings. The number of nitrogens with zero attached hydrogens (tertiary/aromatic N) is 2. The van der Waals surface area contributed by atoms with Gasteiger partial charge in [-0.25, -0.2) is 9.37 Å². The van der Waals surface area contributed by atoms with Crippen LogP contribution in [0.4, 0.5) is 9.52 Å². The zero-order valence-electron chi connectivity index (χ0n) is 14.8. The molecule has 1 heterocycles. The molecule has 0 bridgehead atoms.